The number of hydrogen-bond acceptors (Lipinski definition) is 1. The molecule has 1 atom stereocenters. The molecule has 2 aromatic carbocycles. The van der Waals surface area contributed by atoms with Crippen molar-refractivity contribution in [1.29, 1.82) is 0 Å². The Hall–Kier alpha value is -1.54. The van der Waals surface area contributed by atoms with Gasteiger partial charge in [0.25, 0.3) is 0 Å². The van der Waals surface area contributed by atoms with Crippen LogP contribution in [0.1, 0.15) is 38.8 Å². The first-order valence-corrected chi connectivity index (χ1v) is 7.35. The first kappa shape index (κ1) is 15.8. The molecule has 0 amide bonds. The summed E-state index contributed by atoms with van der Waals surface area (Å²) >= 11 is 6.66. The van der Waals surface area contributed by atoms with Crippen molar-refractivity contribution in [3.05, 3.63) is 63.5 Å². The maximum Gasteiger partial charge on any atom is 0.131 e. The van der Waals surface area contributed by atoms with Crippen molar-refractivity contribution >= 4 is 11.6 Å². The van der Waals surface area contributed by atoms with Gasteiger partial charge in [0, 0.05) is 0 Å². The van der Waals surface area contributed by atoms with E-state index in [1.807, 2.05) is 27.7 Å². The fourth-order valence-corrected chi connectivity index (χ4v) is 3.25. The van der Waals surface area contributed by atoms with Crippen molar-refractivity contribution in [2.24, 2.45) is 0 Å². The smallest absolute Gasteiger partial charge is 0.131 e. The van der Waals surface area contributed by atoms with Gasteiger partial charge in [-0.15, -0.1) is 11.6 Å². The Kier molecular flexibility index (Phi) is 4.58. The maximum atomic E-state index is 14.3. The van der Waals surface area contributed by atoms with Gasteiger partial charge in [0.05, 0.1) is 18.1 Å². The number of benzene rings is 2. The van der Waals surface area contributed by atoms with Gasteiger partial charge in [0.1, 0.15) is 11.6 Å². The summed E-state index contributed by atoms with van der Waals surface area (Å²) in [6, 6.07) is 6.92. The molecular formula is C18H20ClFO. The van der Waals surface area contributed by atoms with Gasteiger partial charge >= 0.3 is 0 Å². The molecule has 0 aromatic heterocycles. The van der Waals surface area contributed by atoms with Crippen molar-refractivity contribution < 1.29 is 9.13 Å². The normalized spacial score (nSPS) is 12.3. The molecule has 2 rings (SSSR count). The van der Waals surface area contributed by atoms with Crippen molar-refractivity contribution in [2.75, 3.05) is 7.11 Å². The van der Waals surface area contributed by atoms with Crippen LogP contribution in [0.15, 0.2) is 24.3 Å². The van der Waals surface area contributed by atoms with Crippen molar-refractivity contribution in [3.8, 4) is 5.75 Å². The highest BCUT2D eigenvalue weighted by Crippen LogP contribution is 2.40. The van der Waals surface area contributed by atoms with E-state index >= 15 is 0 Å². The van der Waals surface area contributed by atoms with Crippen molar-refractivity contribution in [2.45, 2.75) is 33.1 Å². The van der Waals surface area contributed by atoms with E-state index in [0.717, 1.165) is 27.8 Å². The zero-order valence-electron chi connectivity index (χ0n) is 13.1. The first-order valence-electron chi connectivity index (χ1n) is 6.92. The van der Waals surface area contributed by atoms with Gasteiger partial charge in [0.2, 0.25) is 0 Å². The summed E-state index contributed by atoms with van der Waals surface area (Å²) in [4.78, 5) is 0. The van der Waals surface area contributed by atoms with E-state index in [4.69, 9.17) is 16.3 Å². The van der Waals surface area contributed by atoms with E-state index in [0.29, 0.717) is 11.3 Å². The number of ether oxygens (including phenoxy) is 1. The highest BCUT2D eigenvalue weighted by molar-refractivity contribution is 6.23. The molecule has 0 saturated carbocycles. The molecule has 0 spiro atoms. The largest absolute Gasteiger partial charge is 0.496 e. The van der Waals surface area contributed by atoms with Gasteiger partial charge in [-0.3, -0.25) is 0 Å². The minimum atomic E-state index is -0.570. The average molecular weight is 307 g/mol. The molecule has 3 heteroatoms. The maximum absolute atomic E-state index is 14.3. The number of halogens is 2. The molecule has 0 heterocycles. The van der Waals surface area contributed by atoms with Gasteiger partial charge in [-0.25, -0.2) is 4.39 Å². The number of alkyl halides is 1. The van der Waals surface area contributed by atoms with Gasteiger partial charge < -0.3 is 4.74 Å². The fraction of sp³-hybridized carbons (Fsp3) is 0.333. The predicted octanol–water partition coefficient (Wildman–Crippen LogP) is 5.40. The number of aryl methyl sites for hydroxylation is 2. The molecule has 2 aromatic rings. The quantitative estimate of drug-likeness (QED) is 0.690. The van der Waals surface area contributed by atoms with Crippen LogP contribution < -0.4 is 4.74 Å². The molecule has 112 valence electrons. The number of hydrogen-bond donors (Lipinski definition) is 0. The minimum Gasteiger partial charge on any atom is -0.496 e. The molecule has 0 fully saturated rings. The fourth-order valence-electron chi connectivity index (χ4n) is 2.71. The van der Waals surface area contributed by atoms with Crippen molar-refractivity contribution in [1.82, 2.24) is 0 Å². The van der Waals surface area contributed by atoms with E-state index in [9.17, 15) is 4.39 Å². The Balaban J connectivity index is 2.69. The van der Waals surface area contributed by atoms with Gasteiger partial charge in [-0.1, -0.05) is 12.1 Å². The number of methoxy groups -OCH3 is 1. The molecule has 0 saturated heterocycles. The number of rotatable bonds is 3. The molecule has 0 aliphatic carbocycles. The van der Waals surface area contributed by atoms with E-state index in [1.54, 1.807) is 12.1 Å². The molecule has 0 radical (unpaired) electrons. The summed E-state index contributed by atoms with van der Waals surface area (Å²) in [7, 11) is 1.53. The highest BCUT2D eigenvalue weighted by atomic mass is 35.5. The monoisotopic (exact) mass is 306 g/mol. The zero-order chi connectivity index (χ0) is 15.7. The Morgan fingerprint density at radius 3 is 2.10 bits per heavy atom. The van der Waals surface area contributed by atoms with Crippen LogP contribution in [0.4, 0.5) is 4.39 Å². The van der Waals surface area contributed by atoms with Crippen LogP contribution in [0, 0.1) is 33.5 Å². The first-order chi connectivity index (χ1) is 9.88. The van der Waals surface area contributed by atoms with E-state index in [1.165, 1.54) is 13.2 Å². The van der Waals surface area contributed by atoms with Gasteiger partial charge in [-0.2, -0.15) is 0 Å². The Bertz CT molecular complexity index is 653. The molecule has 0 aliphatic heterocycles. The zero-order valence-corrected chi connectivity index (χ0v) is 13.8. The van der Waals surface area contributed by atoms with Crippen LogP contribution in [0.25, 0.3) is 0 Å². The third kappa shape index (κ3) is 2.77. The molecule has 1 unspecified atom stereocenters. The molecular weight excluding hydrogens is 287 g/mol. The van der Waals surface area contributed by atoms with Crippen molar-refractivity contribution in [3.63, 3.8) is 0 Å². The summed E-state index contributed by atoms with van der Waals surface area (Å²) < 4.78 is 19.6. The van der Waals surface area contributed by atoms with E-state index < -0.39 is 5.38 Å². The van der Waals surface area contributed by atoms with Crippen LogP contribution in [-0.2, 0) is 0 Å². The molecule has 0 N–H and O–H groups in total. The van der Waals surface area contributed by atoms with E-state index in [-0.39, 0.29) is 5.82 Å². The second kappa shape index (κ2) is 6.07. The van der Waals surface area contributed by atoms with Crippen LogP contribution in [0.3, 0.4) is 0 Å². The third-order valence-corrected chi connectivity index (χ3v) is 4.60. The summed E-state index contributed by atoms with van der Waals surface area (Å²) in [6.07, 6.45) is 0. The molecule has 0 bridgehead atoms. The molecule has 21 heavy (non-hydrogen) atoms. The minimum absolute atomic E-state index is 0.340. The second-order valence-corrected chi connectivity index (χ2v) is 5.83. The Morgan fingerprint density at radius 1 is 1.00 bits per heavy atom. The lowest BCUT2D eigenvalue weighted by molar-refractivity contribution is 0.405. The Morgan fingerprint density at radius 2 is 1.57 bits per heavy atom. The topological polar surface area (TPSA) is 9.23 Å². The summed E-state index contributed by atoms with van der Waals surface area (Å²) in [5.74, 6) is 0.139. The second-order valence-electron chi connectivity index (χ2n) is 5.39. The summed E-state index contributed by atoms with van der Waals surface area (Å²) in [5, 5.41) is -0.570. The van der Waals surface area contributed by atoms with Crippen LogP contribution in [0.5, 0.6) is 5.75 Å². The van der Waals surface area contributed by atoms with Gasteiger partial charge in [-0.05, 0) is 67.6 Å². The lowest BCUT2D eigenvalue weighted by atomic mass is 9.89. The summed E-state index contributed by atoms with van der Waals surface area (Å²) in [5.41, 5.74) is 5.89. The summed E-state index contributed by atoms with van der Waals surface area (Å²) in [6.45, 7) is 8.15. The third-order valence-electron chi connectivity index (χ3n) is 4.16. The van der Waals surface area contributed by atoms with Crippen LogP contribution >= 0.6 is 11.6 Å². The average Bonchev–Trinajstić information content (AvgIpc) is 2.44. The lowest BCUT2D eigenvalue weighted by Gasteiger charge is -2.21. The van der Waals surface area contributed by atoms with Crippen LogP contribution in [0.2, 0.25) is 0 Å². The van der Waals surface area contributed by atoms with Crippen LogP contribution in [-0.4, -0.2) is 7.11 Å². The SMILES string of the molecule is COc1cccc(F)c1C(Cl)c1c(C)c(C)cc(C)c1C. The predicted molar refractivity (Wildman–Crippen MR) is 86.0 cm³/mol. The molecule has 0 aliphatic rings. The Labute approximate surface area is 130 Å². The highest BCUT2D eigenvalue weighted by Gasteiger charge is 2.24. The lowest BCUT2D eigenvalue weighted by Crippen LogP contribution is -2.06. The standard InChI is InChI=1S/C18H20ClFO/c1-10-9-11(2)13(4)16(12(10)3)18(19)17-14(20)7-6-8-15(17)21-5/h6-9,18H,1-5H3. The van der Waals surface area contributed by atoms with E-state index in [2.05, 4.69) is 6.07 Å². The van der Waals surface area contributed by atoms with Gasteiger partial charge in [0.15, 0.2) is 0 Å². The molecule has 1 nitrogen and oxygen atoms in total.